The molecule has 0 fully saturated rings. The van der Waals surface area contributed by atoms with E-state index in [-0.39, 0.29) is 5.78 Å². The number of hydrogen-bond donors (Lipinski definition) is 0. The average Bonchev–Trinajstić information content (AvgIpc) is 3.38. The number of thiazole rings is 1. The number of rotatable bonds is 4. The smallest absolute Gasteiger partial charge is 0.195 e. The quantitative estimate of drug-likeness (QED) is 0.469. The van der Waals surface area contributed by atoms with Gasteiger partial charge in [-0.2, -0.15) is 0 Å². The molecule has 3 aromatic heterocycles. The van der Waals surface area contributed by atoms with Gasteiger partial charge in [-0.3, -0.25) is 9.78 Å². The maximum atomic E-state index is 13.0. The van der Waals surface area contributed by atoms with E-state index in [1.165, 1.54) is 22.5 Å². The van der Waals surface area contributed by atoms with Gasteiger partial charge in [0.25, 0.3) is 0 Å². The molecular formula is C23H20N4OS. The number of nitrogens with zero attached hydrogens (tertiary/aromatic N) is 4. The highest BCUT2D eigenvalue weighted by molar-refractivity contribution is 7.17. The molecule has 4 aromatic rings. The van der Waals surface area contributed by atoms with Crippen LogP contribution >= 0.6 is 11.3 Å². The van der Waals surface area contributed by atoms with Gasteiger partial charge >= 0.3 is 0 Å². The number of imidazole rings is 1. The SMILES string of the molecule is Cc1cnccc1CC(=O)c1nc2c(s1)-c1cc(-n3ccnc3)ccc1CCC2. The molecule has 0 aliphatic heterocycles. The Kier molecular flexibility index (Phi) is 4.56. The van der Waals surface area contributed by atoms with Crippen LogP contribution in [0.4, 0.5) is 0 Å². The number of carbonyl (C=O) groups excluding carboxylic acids is 1. The summed E-state index contributed by atoms with van der Waals surface area (Å²) in [4.78, 5) is 27.1. The zero-order chi connectivity index (χ0) is 19.8. The third-order valence-electron chi connectivity index (χ3n) is 5.42. The molecule has 0 radical (unpaired) electrons. The van der Waals surface area contributed by atoms with E-state index in [9.17, 15) is 4.79 Å². The molecule has 0 spiro atoms. The lowest BCUT2D eigenvalue weighted by Crippen LogP contribution is -2.05. The van der Waals surface area contributed by atoms with Gasteiger partial charge in [0.1, 0.15) is 0 Å². The Morgan fingerprint density at radius 2 is 2.10 bits per heavy atom. The fraction of sp³-hybridized carbons (Fsp3) is 0.217. The maximum Gasteiger partial charge on any atom is 0.195 e. The summed E-state index contributed by atoms with van der Waals surface area (Å²) in [5.41, 5.74) is 6.68. The van der Waals surface area contributed by atoms with Crippen LogP contribution in [0.25, 0.3) is 16.1 Å². The van der Waals surface area contributed by atoms with Crippen molar-refractivity contribution in [2.75, 3.05) is 0 Å². The lowest BCUT2D eigenvalue weighted by Gasteiger charge is -2.09. The number of carbonyl (C=O) groups is 1. The lowest BCUT2D eigenvalue weighted by molar-refractivity contribution is 0.0992. The van der Waals surface area contributed by atoms with Crippen LogP contribution in [-0.4, -0.2) is 25.3 Å². The molecule has 29 heavy (non-hydrogen) atoms. The fourth-order valence-electron chi connectivity index (χ4n) is 3.81. The molecule has 5 nitrogen and oxygen atoms in total. The molecule has 0 bridgehead atoms. The third-order valence-corrected chi connectivity index (χ3v) is 6.60. The summed E-state index contributed by atoms with van der Waals surface area (Å²) in [5.74, 6) is 0.0738. The van der Waals surface area contributed by atoms with Gasteiger partial charge in [-0.15, -0.1) is 11.3 Å². The van der Waals surface area contributed by atoms with Crippen LogP contribution in [-0.2, 0) is 19.3 Å². The molecule has 0 amide bonds. The minimum absolute atomic E-state index is 0.0738. The van der Waals surface area contributed by atoms with Crippen LogP contribution in [0.3, 0.4) is 0 Å². The predicted octanol–water partition coefficient (Wildman–Crippen LogP) is 4.61. The monoisotopic (exact) mass is 400 g/mol. The van der Waals surface area contributed by atoms with Crippen LogP contribution in [0.15, 0.2) is 55.4 Å². The van der Waals surface area contributed by atoms with Crippen molar-refractivity contribution in [3.63, 3.8) is 0 Å². The van der Waals surface area contributed by atoms with Crippen LogP contribution in [0, 0.1) is 6.92 Å². The van der Waals surface area contributed by atoms with Crippen molar-refractivity contribution < 1.29 is 4.79 Å². The Balaban J connectivity index is 1.52. The number of aryl methyl sites for hydroxylation is 3. The number of Topliss-reactive ketones (excluding diaryl/α,β-unsaturated/α-hetero) is 1. The fourth-order valence-corrected chi connectivity index (χ4v) is 4.91. The van der Waals surface area contributed by atoms with E-state index in [1.54, 1.807) is 24.9 Å². The zero-order valence-electron chi connectivity index (χ0n) is 16.1. The number of aromatic nitrogens is 4. The summed E-state index contributed by atoms with van der Waals surface area (Å²) < 4.78 is 2.00. The summed E-state index contributed by atoms with van der Waals surface area (Å²) in [7, 11) is 0. The molecule has 144 valence electrons. The molecule has 1 aromatic carbocycles. The van der Waals surface area contributed by atoms with Crippen molar-refractivity contribution in [3.8, 4) is 16.1 Å². The third kappa shape index (κ3) is 3.40. The molecule has 0 saturated heterocycles. The maximum absolute atomic E-state index is 13.0. The topological polar surface area (TPSA) is 60.7 Å². The molecule has 3 heterocycles. The Bertz CT molecular complexity index is 1190. The first-order valence-electron chi connectivity index (χ1n) is 9.73. The zero-order valence-corrected chi connectivity index (χ0v) is 16.9. The van der Waals surface area contributed by atoms with Crippen molar-refractivity contribution in [2.24, 2.45) is 0 Å². The number of pyridine rings is 1. The van der Waals surface area contributed by atoms with Gasteiger partial charge in [-0.25, -0.2) is 9.97 Å². The minimum atomic E-state index is 0.0738. The lowest BCUT2D eigenvalue weighted by atomic mass is 10.0. The van der Waals surface area contributed by atoms with Gasteiger partial charge in [0.15, 0.2) is 10.8 Å². The van der Waals surface area contributed by atoms with Crippen molar-refractivity contribution in [3.05, 3.63) is 82.8 Å². The van der Waals surface area contributed by atoms with Gasteiger partial charge in [0.2, 0.25) is 0 Å². The molecular weight excluding hydrogens is 380 g/mol. The number of ketones is 1. The van der Waals surface area contributed by atoms with Crippen molar-refractivity contribution in [1.29, 1.82) is 0 Å². The summed E-state index contributed by atoms with van der Waals surface area (Å²) in [5, 5.41) is 0.604. The Morgan fingerprint density at radius 1 is 1.17 bits per heavy atom. The van der Waals surface area contributed by atoms with Crippen LogP contribution in [0.1, 0.15) is 38.6 Å². The molecule has 6 heteroatoms. The van der Waals surface area contributed by atoms with Crippen molar-refractivity contribution >= 4 is 17.1 Å². The minimum Gasteiger partial charge on any atom is -0.306 e. The number of fused-ring (bicyclic) bond motifs is 3. The summed E-state index contributed by atoms with van der Waals surface area (Å²) in [6.07, 6.45) is 12.4. The standard InChI is InChI=1S/C23H20N4OS/c1-15-13-24-8-7-17(15)11-21(28)23-26-20-4-2-3-16-5-6-18(27-10-9-25-14-27)12-19(16)22(20)29-23/h5-10,12-14H,2-4,11H2,1H3. The second kappa shape index (κ2) is 7.37. The molecule has 5 rings (SSSR count). The second-order valence-electron chi connectivity index (χ2n) is 7.36. The van der Waals surface area contributed by atoms with E-state index in [4.69, 9.17) is 4.98 Å². The largest absolute Gasteiger partial charge is 0.306 e. The van der Waals surface area contributed by atoms with E-state index in [0.29, 0.717) is 11.4 Å². The first-order valence-corrected chi connectivity index (χ1v) is 10.5. The molecule has 0 atom stereocenters. The van der Waals surface area contributed by atoms with Crippen molar-refractivity contribution in [1.82, 2.24) is 19.5 Å². The highest BCUT2D eigenvalue weighted by atomic mass is 32.1. The van der Waals surface area contributed by atoms with Crippen LogP contribution in [0.2, 0.25) is 0 Å². The van der Waals surface area contributed by atoms with Gasteiger partial charge in [-0.05, 0) is 66.6 Å². The van der Waals surface area contributed by atoms with E-state index in [0.717, 1.165) is 46.6 Å². The van der Waals surface area contributed by atoms with Crippen molar-refractivity contribution in [2.45, 2.75) is 32.6 Å². The molecule has 0 N–H and O–H groups in total. The van der Waals surface area contributed by atoms with E-state index >= 15 is 0 Å². The van der Waals surface area contributed by atoms with Crippen LogP contribution < -0.4 is 0 Å². The van der Waals surface area contributed by atoms with Gasteiger partial charge in [-0.1, -0.05) is 6.07 Å². The average molecular weight is 401 g/mol. The van der Waals surface area contributed by atoms with Crippen LogP contribution in [0.5, 0.6) is 0 Å². The molecule has 1 aliphatic carbocycles. The molecule has 0 saturated carbocycles. The van der Waals surface area contributed by atoms with E-state index < -0.39 is 0 Å². The highest BCUT2D eigenvalue weighted by Gasteiger charge is 2.23. The first-order chi connectivity index (χ1) is 14.2. The van der Waals surface area contributed by atoms with Gasteiger partial charge < -0.3 is 4.57 Å². The summed E-state index contributed by atoms with van der Waals surface area (Å²) in [6, 6.07) is 8.44. The Morgan fingerprint density at radius 3 is 2.93 bits per heavy atom. The highest BCUT2D eigenvalue weighted by Crippen LogP contribution is 2.38. The number of benzene rings is 1. The first kappa shape index (κ1) is 17.9. The normalized spacial score (nSPS) is 12.9. The second-order valence-corrected chi connectivity index (χ2v) is 8.36. The van der Waals surface area contributed by atoms with Gasteiger partial charge in [0.05, 0.1) is 16.9 Å². The molecule has 1 aliphatic rings. The van der Waals surface area contributed by atoms with Gasteiger partial charge in [0, 0.05) is 36.9 Å². The summed E-state index contributed by atoms with van der Waals surface area (Å²) >= 11 is 1.53. The summed E-state index contributed by atoms with van der Waals surface area (Å²) in [6.45, 7) is 1.99. The Labute approximate surface area is 173 Å². The van der Waals surface area contributed by atoms with E-state index in [2.05, 4.69) is 28.2 Å². The predicted molar refractivity (Wildman–Crippen MR) is 114 cm³/mol. The Hall–Kier alpha value is -3.12. The molecule has 0 unspecified atom stereocenters. The number of hydrogen-bond acceptors (Lipinski definition) is 5. The van der Waals surface area contributed by atoms with E-state index in [1.807, 2.05) is 23.8 Å².